The Morgan fingerprint density at radius 3 is 2.59 bits per heavy atom. The second-order valence-electron chi connectivity index (χ2n) is 7.37. The summed E-state index contributed by atoms with van der Waals surface area (Å²) in [5.41, 5.74) is 2.41. The number of hydrogen-bond acceptors (Lipinski definition) is 4. The first kappa shape index (κ1) is 19.7. The number of alkyl halides is 2. The molecule has 3 rings (SSSR count). The van der Waals surface area contributed by atoms with Crippen LogP contribution in [0.5, 0.6) is 0 Å². The number of rotatable bonds is 4. The fourth-order valence-electron chi connectivity index (χ4n) is 3.75. The lowest BCUT2D eigenvalue weighted by atomic mass is 9.83. The first-order valence-corrected chi connectivity index (χ1v) is 9.01. The van der Waals surface area contributed by atoms with Crippen molar-refractivity contribution in [1.29, 1.82) is 0 Å². The lowest BCUT2D eigenvalue weighted by Gasteiger charge is -2.41. The molecule has 27 heavy (non-hydrogen) atoms. The zero-order valence-electron chi connectivity index (χ0n) is 15.3. The van der Waals surface area contributed by atoms with Gasteiger partial charge in [0, 0.05) is 31.2 Å². The lowest BCUT2D eigenvalue weighted by Crippen LogP contribution is -2.55. The highest BCUT2D eigenvalue weighted by Gasteiger charge is 2.45. The summed E-state index contributed by atoms with van der Waals surface area (Å²) in [6.07, 6.45) is -0.483. The summed E-state index contributed by atoms with van der Waals surface area (Å²) in [6.45, 7) is 4.05. The predicted molar refractivity (Wildman–Crippen MR) is 95.4 cm³/mol. The summed E-state index contributed by atoms with van der Waals surface area (Å²) in [7, 11) is 0. The van der Waals surface area contributed by atoms with E-state index in [1.54, 1.807) is 12.1 Å². The fourth-order valence-corrected chi connectivity index (χ4v) is 3.75. The van der Waals surface area contributed by atoms with Gasteiger partial charge >= 0.3 is 0 Å². The predicted octanol–water partition coefficient (Wildman–Crippen LogP) is 2.53. The molecule has 148 valence electrons. The molecule has 8 heteroatoms. The molecule has 2 aliphatic heterocycles. The van der Waals surface area contributed by atoms with Crippen molar-refractivity contribution < 1.29 is 23.1 Å². The van der Waals surface area contributed by atoms with Gasteiger partial charge in [-0.05, 0) is 49.6 Å². The van der Waals surface area contributed by atoms with Gasteiger partial charge in [-0.2, -0.15) is 0 Å². The van der Waals surface area contributed by atoms with E-state index in [1.165, 1.54) is 17.0 Å². The van der Waals surface area contributed by atoms with Crippen molar-refractivity contribution in [2.24, 2.45) is 11.8 Å². The first-order valence-electron chi connectivity index (χ1n) is 9.01. The second kappa shape index (κ2) is 7.52. The molecule has 1 aromatic carbocycles. The van der Waals surface area contributed by atoms with E-state index in [2.05, 4.69) is 11.5 Å². The molecule has 2 aliphatic rings. The Kier molecular flexibility index (Phi) is 5.48. The minimum absolute atomic E-state index is 0.0188. The van der Waals surface area contributed by atoms with Crippen molar-refractivity contribution >= 4 is 11.6 Å². The van der Waals surface area contributed by atoms with Gasteiger partial charge in [-0.3, -0.25) is 9.80 Å². The largest absolute Gasteiger partial charge is 0.375 e. The van der Waals surface area contributed by atoms with Gasteiger partial charge in [0.2, 0.25) is 5.60 Å². The third-order valence-corrected chi connectivity index (χ3v) is 5.33. The molecular formula is C19H24F3N3O2. The fraction of sp³-hybridized carbons (Fsp3) is 0.526. The van der Waals surface area contributed by atoms with Crippen LogP contribution in [-0.2, 0) is 4.79 Å². The lowest BCUT2D eigenvalue weighted by molar-refractivity contribution is -0.167. The number of likely N-dealkylation sites (tertiary alicyclic amines) is 1. The monoisotopic (exact) mass is 383 g/mol. The molecule has 2 heterocycles. The van der Waals surface area contributed by atoms with Gasteiger partial charge in [-0.1, -0.05) is 6.92 Å². The van der Waals surface area contributed by atoms with Crippen molar-refractivity contribution in [2.75, 3.05) is 24.6 Å². The molecule has 3 atom stereocenters. The standard InChI is InChI=1S/C19H24F3N3O2/c1-12-11-24(18(26)19(2,27)17(21)22)10-8-15(12)16-7-9-23-25(16)14-5-3-13(20)4-6-14/h3-7,12,15,17,23,27H,8-11H2,1-2H3/t12-,15+,19-/m0/s1. The van der Waals surface area contributed by atoms with Crippen molar-refractivity contribution in [3.8, 4) is 0 Å². The quantitative estimate of drug-likeness (QED) is 0.839. The number of halogens is 3. The zero-order valence-corrected chi connectivity index (χ0v) is 15.3. The molecule has 0 aliphatic carbocycles. The molecule has 0 aromatic heterocycles. The van der Waals surface area contributed by atoms with Crippen LogP contribution in [0.2, 0.25) is 0 Å². The number of nitrogens with one attached hydrogen (secondary N) is 1. The molecule has 1 amide bonds. The van der Waals surface area contributed by atoms with Gasteiger partial charge in [-0.25, -0.2) is 18.6 Å². The van der Waals surface area contributed by atoms with Gasteiger partial charge in [0.15, 0.2) is 0 Å². The highest BCUT2D eigenvalue weighted by molar-refractivity contribution is 5.85. The molecule has 5 nitrogen and oxygen atoms in total. The number of aliphatic hydroxyl groups is 1. The maximum Gasteiger partial charge on any atom is 0.275 e. The van der Waals surface area contributed by atoms with Crippen LogP contribution in [0.15, 0.2) is 36.0 Å². The average molecular weight is 383 g/mol. The number of anilines is 1. The molecular weight excluding hydrogens is 359 g/mol. The average Bonchev–Trinajstić information content (AvgIpc) is 3.10. The number of nitrogens with zero attached hydrogens (tertiary/aromatic N) is 2. The van der Waals surface area contributed by atoms with Gasteiger partial charge in [0.05, 0.1) is 5.69 Å². The Bertz CT molecular complexity index is 721. The molecule has 0 unspecified atom stereocenters. The van der Waals surface area contributed by atoms with Crippen LogP contribution in [-0.4, -0.2) is 47.6 Å². The number of carbonyl (C=O) groups is 1. The van der Waals surface area contributed by atoms with Gasteiger partial charge in [0.1, 0.15) is 5.82 Å². The molecule has 1 aromatic rings. The Balaban J connectivity index is 1.71. The van der Waals surface area contributed by atoms with Crippen molar-refractivity contribution in [1.82, 2.24) is 10.3 Å². The first-order chi connectivity index (χ1) is 12.7. The van der Waals surface area contributed by atoms with Crippen LogP contribution >= 0.6 is 0 Å². The van der Waals surface area contributed by atoms with Crippen LogP contribution in [0.25, 0.3) is 0 Å². The van der Waals surface area contributed by atoms with Gasteiger partial charge in [0.25, 0.3) is 12.3 Å². The van der Waals surface area contributed by atoms with E-state index in [0.29, 0.717) is 26.1 Å². The maximum absolute atomic E-state index is 13.2. The van der Waals surface area contributed by atoms with E-state index >= 15 is 0 Å². The van der Waals surface area contributed by atoms with E-state index in [9.17, 15) is 23.1 Å². The zero-order chi connectivity index (χ0) is 19.8. The van der Waals surface area contributed by atoms with E-state index < -0.39 is 17.9 Å². The topological polar surface area (TPSA) is 55.8 Å². The second-order valence-corrected chi connectivity index (χ2v) is 7.37. The number of piperidine rings is 1. The Labute approximate surface area is 156 Å². The van der Waals surface area contributed by atoms with Crippen LogP contribution in [0.1, 0.15) is 20.3 Å². The highest BCUT2D eigenvalue weighted by Crippen LogP contribution is 2.35. The van der Waals surface area contributed by atoms with Gasteiger partial charge in [-0.15, -0.1) is 0 Å². The number of amides is 1. The van der Waals surface area contributed by atoms with E-state index in [4.69, 9.17) is 0 Å². The normalized spacial score (nSPS) is 25.5. The number of benzene rings is 1. The SMILES string of the molecule is C[C@H]1CN(C(=O)[C@@](C)(O)C(F)F)CC[C@H]1C1=CCNN1c1ccc(F)cc1. The van der Waals surface area contributed by atoms with E-state index in [1.807, 2.05) is 11.9 Å². The molecule has 1 fully saturated rings. The molecule has 0 radical (unpaired) electrons. The van der Waals surface area contributed by atoms with Crippen LogP contribution < -0.4 is 10.4 Å². The Hall–Kier alpha value is -2.06. The summed E-state index contributed by atoms with van der Waals surface area (Å²) >= 11 is 0. The minimum atomic E-state index is -3.13. The third kappa shape index (κ3) is 3.82. The molecule has 1 saturated heterocycles. The summed E-state index contributed by atoms with van der Waals surface area (Å²) in [5, 5.41) is 11.7. The van der Waals surface area contributed by atoms with E-state index in [0.717, 1.165) is 18.3 Å². The van der Waals surface area contributed by atoms with Crippen molar-refractivity contribution in [2.45, 2.75) is 32.3 Å². The number of hydrazine groups is 1. The third-order valence-electron chi connectivity index (χ3n) is 5.33. The maximum atomic E-state index is 13.2. The summed E-state index contributed by atoms with van der Waals surface area (Å²) in [4.78, 5) is 13.6. The minimum Gasteiger partial charge on any atom is -0.375 e. The van der Waals surface area contributed by atoms with Crippen LogP contribution in [0, 0.1) is 17.7 Å². The number of allylic oxidation sites excluding steroid dienone is 1. The Morgan fingerprint density at radius 1 is 1.33 bits per heavy atom. The van der Waals surface area contributed by atoms with Crippen LogP contribution in [0.3, 0.4) is 0 Å². The molecule has 0 bridgehead atoms. The van der Waals surface area contributed by atoms with E-state index in [-0.39, 0.29) is 17.7 Å². The molecule has 2 N–H and O–H groups in total. The summed E-state index contributed by atoms with van der Waals surface area (Å²) < 4.78 is 39.1. The Morgan fingerprint density at radius 2 is 2.00 bits per heavy atom. The summed E-state index contributed by atoms with van der Waals surface area (Å²) in [6, 6.07) is 6.16. The van der Waals surface area contributed by atoms with Crippen molar-refractivity contribution in [3.05, 3.63) is 41.9 Å². The highest BCUT2D eigenvalue weighted by atomic mass is 19.3. The molecule has 0 saturated carbocycles. The van der Waals surface area contributed by atoms with Gasteiger partial charge < -0.3 is 10.0 Å². The smallest absolute Gasteiger partial charge is 0.275 e. The number of hydrogen-bond donors (Lipinski definition) is 2. The number of carbonyl (C=O) groups excluding carboxylic acids is 1. The van der Waals surface area contributed by atoms with Crippen LogP contribution in [0.4, 0.5) is 18.9 Å². The summed E-state index contributed by atoms with van der Waals surface area (Å²) in [5.74, 6) is -1.11. The molecule has 0 spiro atoms. The van der Waals surface area contributed by atoms with Crippen molar-refractivity contribution in [3.63, 3.8) is 0 Å².